The van der Waals surface area contributed by atoms with E-state index in [-0.39, 0.29) is 30.1 Å². The Bertz CT molecular complexity index is 1100. The highest BCUT2D eigenvalue weighted by molar-refractivity contribution is 7.17. The van der Waals surface area contributed by atoms with Gasteiger partial charge >= 0.3 is 0 Å². The van der Waals surface area contributed by atoms with Gasteiger partial charge in [0.05, 0.1) is 17.8 Å². The van der Waals surface area contributed by atoms with Crippen molar-refractivity contribution in [1.29, 1.82) is 0 Å². The third-order valence-electron chi connectivity index (χ3n) is 4.97. The minimum absolute atomic E-state index is 0.126. The Balaban J connectivity index is 1.71. The van der Waals surface area contributed by atoms with Crippen LogP contribution in [0.15, 0.2) is 29.1 Å². The molecule has 1 aromatic carbocycles. The molecule has 0 aliphatic heterocycles. The minimum atomic E-state index is -0.239. The van der Waals surface area contributed by atoms with E-state index in [0.29, 0.717) is 27.8 Å². The number of amides is 1. The third kappa shape index (κ3) is 3.39. The summed E-state index contributed by atoms with van der Waals surface area (Å²) in [5.74, 6) is -0.00404. The van der Waals surface area contributed by atoms with Crippen LogP contribution in [-0.2, 0) is 17.6 Å². The topological polar surface area (TPSA) is 63.5 Å². The summed E-state index contributed by atoms with van der Waals surface area (Å²) in [5.41, 5.74) is 2.29. The number of nitrogens with zero attached hydrogens (tertiary/aromatic N) is 2. The Kier molecular flexibility index (Phi) is 4.55. The summed E-state index contributed by atoms with van der Waals surface area (Å²) in [4.78, 5) is 30.4. The Morgan fingerprint density at radius 3 is 2.89 bits per heavy atom. The SMILES string of the molecule is CNC(=O)Cc1c(C)sc2nc(Cc3cccc(C4CC4)c3F)cc(=O)n12. The monoisotopic (exact) mass is 385 g/mol. The van der Waals surface area contributed by atoms with E-state index >= 15 is 0 Å². The molecular weight excluding hydrogens is 365 g/mol. The fourth-order valence-electron chi connectivity index (χ4n) is 3.35. The number of likely N-dealkylation sites (N-methyl/N-ethyl adjacent to an activating group) is 1. The van der Waals surface area contributed by atoms with E-state index < -0.39 is 0 Å². The molecule has 0 unspecified atom stereocenters. The first-order chi connectivity index (χ1) is 13.0. The molecule has 3 aromatic rings. The molecule has 0 radical (unpaired) electrons. The lowest BCUT2D eigenvalue weighted by Gasteiger charge is -2.08. The third-order valence-corrected chi connectivity index (χ3v) is 5.96. The number of rotatable bonds is 5. The molecular formula is C20H20FN3O2S. The van der Waals surface area contributed by atoms with Crippen molar-refractivity contribution in [2.75, 3.05) is 7.05 Å². The molecule has 1 N–H and O–H groups in total. The normalized spacial score (nSPS) is 13.9. The largest absolute Gasteiger partial charge is 0.359 e. The number of carbonyl (C=O) groups excluding carboxylic acids is 1. The maximum absolute atomic E-state index is 14.8. The standard InChI is InChI=1S/C20H20FN3O2S/c1-11-16(10-17(25)22-2)24-18(26)9-14(23-20(24)27-11)8-13-4-3-5-15(19(13)21)12-6-7-12/h3-5,9,12H,6-8,10H2,1-2H3,(H,22,25). The number of fused-ring (bicyclic) bond motifs is 1. The molecule has 0 bridgehead atoms. The van der Waals surface area contributed by atoms with E-state index in [1.165, 1.54) is 21.8 Å². The molecule has 1 saturated carbocycles. The molecule has 1 fully saturated rings. The summed E-state index contributed by atoms with van der Waals surface area (Å²) in [7, 11) is 1.57. The number of thiazole rings is 1. The maximum Gasteiger partial charge on any atom is 0.258 e. The van der Waals surface area contributed by atoms with Crippen LogP contribution < -0.4 is 10.9 Å². The van der Waals surface area contributed by atoms with E-state index in [9.17, 15) is 14.0 Å². The first-order valence-corrected chi connectivity index (χ1v) is 9.78. The molecule has 2 aromatic heterocycles. The average molecular weight is 385 g/mol. The van der Waals surface area contributed by atoms with Crippen LogP contribution in [0.1, 0.15) is 46.2 Å². The van der Waals surface area contributed by atoms with Gasteiger partial charge < -0.3 is 5.32 Å². The van der Waals surface area contributed by atoms with Gasteiger partial charge in [-0.2, -0.15) is 0 Å². The number of carbonyl (C=O) groups is 1. The molecule has 140 valence electrons. The smallest absolute Gasteiger partial charge is 0.258 e. The predicted molar refractivity (Wildman–Crippen MR) is 103 cm³/mol. The van der Waals surface area contributed by atoms with E-state index in [2.05, 4.69) is 10.3 Å². The van der Waals surface area contributed by atoms with Crippen molar-refractivity contribution in [3.63, 3.8) is 0 Å². The summed E-state index contributed by atoms with van der Waals surface area (Å²) >= 11 is 1.37. The molecule has 0 saturated heterocycles. The van der Waals surface area contributed by atoms with Crippen LogP contribution in [0.2, 0.25) is 0 Å². The molecule has 1 aliphatic rings. The van der Waals surface area contributed by atoms with Crippen LogP contribution >= 0.6 is 11.3 Å². The Morgan fingerprint density at radius 2 is 2.19 bits per heavy atom. The van der Waals surface area contributed by atoms with Crippen molar-refractivity contribution in [3.8, 4) is 0 Å². The first-order valence-electron chi connectivity index (χ1n) is 8.96. The highest BCUT2D eigenvalue weighted by Gasteiger charge is 2.27. The first kappa shape index (κ1) is 17.9. The Hall–Kier alpha value is -2.54. The van der Waals surface area contributed by atoms with Crippen molar-refractivity contribution in [2.24, 2.45) is 0 Å². The quantitative estimate of drug-likeness (QED) is 0.734. The average Bonchev–Trinajstić information content (AvgIpc) is 3.42. The molecule has 1 amide bonds. The highest BCUT2D eigenvalue weighted by atomic mass is 32.1. The van der Waals surface area contributed by atoms with Crippen molar-refractivity contribution in [1.82, 2.24) is 14.7 Å². The molecule has 4 rings (SSSR count). The van der Waals surface area contributed by atoms with E-state index in [0.717, 1.165) is 23.3 Å². The van der Waals surface area contributed by atoms with Gasteiger partial charge in [0.2, 0.25) is 5.91 Å². The lowest BCUT2D eigenvalue weighted by molar-refractivity contribution is -0.120. The zero-order chi connectivity index (χ0) is 19.1. The second kappa shape index (κ2) is 6.88. The molecule has 5 nitrogen and oxygen atoms in total. The molecule has 27 heavy (non-hydrogen) atoms. The van der Waals surface area contributed by atoms with Crippen molar-refractivity contribution >= 4 is 22.2 Å². The number of hydrogen-bond acceptors (Lipinski definition) is 4. The zero-order valence-corrected chi connectivity index (χ0v) is 16.0. The van der Waals surface area contributed by atoms with Crippen LogP contribution in [0.5, 0.6) is 0 Å². The number of nitrogens with one attached hydrogen (secondary N) is 1. The summed E-state index contributed by atoms with van der Waals surface area (Å²) in [5, 5.41) is 2.57. The molecule has 7 heteroatoms. The van der Waals surface area contributed by atoms with Crippen molar-refractivity contribution in [3.05, 3.63) is 67.8 Å². The van der Waals surface area contributed by atoms with Gasteiger partial charge in [-0.15, -0.1) is 11.3 Å². The van der Waals surface area contributed by atoms with Gasteiger partial charge in [-0.25, -0.2) is 9.37 Å². The summed E-state index contributed by atoms with van der Waals surface area (Å²) in [6.45, 7) is 1.87. The molecule has 2 heterocycles. The van der Waals surface area contributed by atoms with E-state index in [1.54, 1.807) is 13.1 Å². The predicted octanol–water partition coefficient (Wildman–Crippen LogP) is 2.96. The van der Waals surface area contributed by atoms with Gasteiger partial charge in [-0.3, -0.25) is 14.0 Å². The van der Waals surface area contributed by atoms with Gasteiger partial charge in [0.25, 0.3) is 5.56 Å². The van der Waals surface area contributed by atoms with Gasteiger partial charge in [0.1, 0.15) is 5.82 Å². The fourth-order valence-corrected chi connectivity index (χ4v) is 4.36. The second-order valence-electron chi connectivity index (χ2n) is 6.93. The fraction of sp³-hybridized carbons (Fsp3) is 0.350. The van der Waals surface area contributed by atoms with E-state index in [1.807, 2.05) is 19.1 Å². The van der Waals surface area contributed by atoms with Crippen LogP contribution in [-0.4, -0.2) is 22.3 Å². The van der Waals surface area contributed by atoms with Crippen LogP contribution in [0.3, 0.4) is 0 Å². The van der Waals surface area contributed by atoms with E-state index in [4.69, 9.17) is 0 Å². The van der Waals surface area contributed by atoms with Crippen LogP contribution in [0.25, 0.3) is 4.96 Å². The van der Waals surface area contributed by atoms with Gasteiger partial charge in [-0.1, -0.05) is 18.2 Å². The maximum atomic E-state index is 14.8. The number of benzene rings is 1. The summed E-state index contributed by atoms with van der Waals surface area (Å²) in [6.07, 6.45) is 2.48. The zero-order valence-electron chi connectivity index (χ0n) is 15.2. The number of aryl methyl sites for hydroxylation is 1. The highest BCUT2D eigenvalue weighted by Crippen LogP contribution is 2.41. The lowest BCUT2D eigenvalue weighted by Crippen LogP contribution is -2.24. The number of aromatic nitrogens is 2. The van der Waals surface area contributed by atoms with Gasteiger partial charge in [0, 0.05) is 24.4 Å². The Morgan fingerprint density at radius 1 is 1.41 bits per heavy atom. The van der Waals surface area contributed by atoms with Crippen LogP contribution in [0, 0.1) is 12.7 Å². The van der Waals surface area contributed by atoms with Gasteiger partial charge in [0.15, 0.2) is 4.96 Å². The van der Waals surface area contributed by atoms with Crippen molar-refractivity contribution in [2.45, 2.75) is 38.5 Å². The minimum Gasteiger partial charge on any atom is -0.359 e. The number of halogens is 1. The lowest BCUT2D eigenvalue weighted by atomic mass is 10.0. The second-order valence-corrected chi connectivity index (χ2v) is 8.11. The molecule has 1 aliphatic carbocycles. The Labute approximate surface area is 159 Å². The molecule has 0 atom stereocenters. The summed E-state index contributed by atoms with van der Waals surface area (Å²) in [6, 6.07) is 6.90. The van der Waals surface area contributed by atoms with Crippen molar-refractivity contribution < 1.29 is 9.18 Å². The van der Waals surface area contributed by atoms with Gasteiger partial charge in [-0.05, 0) is 36.8 Å². The van der Waals surface area contributed by atoms with Crippen LogP contribution in [0.4, 0.5) is 4.39 Å². The summed E-state index contributed by atoms with van der Waals surface area (Å²) < 4.78 is 16.2. The number of hydrogen-bond donors (Lipinski definition) is 1. The molecule has 0 spiro atoms.